The topological polar surface area (TPSA) is 70.2 Å². The van der Waals surface area contributed by atoms with E-state index in [4.69, 9.17) is 12.2 Å². The predicted octanol–water partition coefficient (Wildman–Crippen LogP) is 3.61. The molecule has 0 aromatic heterocycles. The standard InChI is InChI=1S/C19H27N3O2S/c1-2-20-18(24)15-10-6-7-11-16(15)21-19(25)22-17(23)13-12-14-8-4-3-5-9-14/h6-7,10-11,14H,2-5,8-9,12-13H2,1H3,(H,20,24)(H2,21,22,23,25). The molecule has 0 aliphatic heterocycles. The molecule has 0 saturated heterocycles. The van der Waals surface area contributed by atoms with Gasteiger partial charge in [0.2, 0.25) is 5.91 Å². The highest BCUT2D eigenvalue weighted by Crippen LogP contribution is 2.27. The van der Waals surface area contributed by atoms with Crippen molar-refractivity contribution in [1.82, 2.24) is 10.6 Å². The Morgan fingerprint density at radius 3 is 2.60 bits per heavy atom. The molecule has 0 heterocycles. The average molecular weight is 362 g/mol. The first kappa shape index (κ1) is 19.4. The fourth-order valence-corrected chi connectivity index (χ4v) is 3.42. The van der Waals surface area contributed by atoms with Crippen LogP contribution in [0.4, 0.5) is 5.69 Å². The molecule has 1 aromatic carbocycles. The zero-order chi connectivity index (χ0) is 18.1. The first-order chi connectivity index (χ1) is 12.1. The van der Waals surface area contributed by atoms with Crippen LogP contribution in [0, 0.1) is 5.92 Å². The molecule has 1 fully saturated rings. The first-order valence-corrected chi connectivity index (χ1v) is 9.49. The van der Waals surface area contributed by atoms with Crippen molar-refractivity contribution in [3.05, 3.63) is 29.8 Å². The molecule has 136 valence electrons. The summed E-state index contributed by atoms with van der Waals surface area (Å²) in [7, 11) is 0. The van der Waals surface area contributed by atoms with Gasteiger partial charge < -0.3 is 16.0 Å². The van der Waals surface area contributed by atoms with Crippen LogP contribution in [0.1, 0.15) is 62.2 Å². The summed E-state index contributed by atoms with van der Waals surface area (Å²) >= 11 is 5.22. The number of nitrogens with one attached hydrogen (secondary N) is 3. The number of benzene rings is 1. The number of thiocarbonyl (C=S) groups is 1. The normalized spacial score (nSPS) is 14.6. The lowest BCUT2D eigenvalue weighted by atomic mass is 9.86. The second-order valence-corrected chi connectivity index (χ2v) is 6.86. The highest BCUT2D eigenvalue weighted by atomic mass is 32.1. The third-order valence-electron chi connectivity index (χ3n) is 4.51. The molecule has 0 radical (unpaired) electrons. The summed E-state index contributed by atoms with van der Waals surface area (Å²) < 4.78 is 0. The molecule has 0 unspecified atom stereocenters. The van der Waals surface area contributed by atoms with E-state index in [9.17, 15) is 9.59 Å². The molecule has 5 nitrogen and oxygen atoms in total. The Kier molecular flexibility index (Phi) is 7.85. The maximum absolute atomic E-state index is 12.1. The lowest BCUT2D eigenvalue weighted by molar-refractivity contribution is -0.120. The van der Waals surface area contributed by atoms with Crippen molar-refractivity contribution < 1.29 is 9.59 Å². The second-order valence-electron chi connectivity index (χ2n) is 6.45. The Morgan fingerprint density at radius 2 is 1.88 bits per heavy atom. The van der Waals surface area contributed by atoms with Crippen LogP contribution in [0.15, 0.2) is 24.3 Å². The van der Waals surface area contributed by atoms with Gasteiger partial charge >= 0.3 is 0 Å². The van der Waals surface area contributed by atoms with Gasteiger partial charge in [0.1, 0.15) is 0 Å². The summed E-state index contributed by atoms with van der Waals surface area (Å²) in [6.07, 6.45) is 7.76. The van der Waals surface area contributed by atoms with E-state index in [0.29, 0.717) is 30.1 Å². The maximum Gasteiger partial charge on any atom is 0.253 e. The van der Waals surface area contributed by atoms with E-state index in [1.165, 1.54) is 32.1 Å². The van der Waals surface area contributed by atoms with Gasteiger partial charge in [0.25, 0.3) is 5.91 Å². The SMILES string of the molecule is CCNC(=O)c1ccccc1NC(=S)NC(=O)CCC1CCCCC1. The Labute approximate surface area is 155 Å². The number of carbonyl (C=O) groups is 2. The number of rotatable bonds is 6. The van der Waals surface area contributed by atoms with Crippen molar-refractivity contribution in [1.29, 1.82) is 0 Å². The molecule has 25 heavy (non-hydrogen) atoms. The van der Waals surface area contributed by atoms with Crippen LogP contribution in [0.3, 0.4) is 0 Å². The van der Waals surface area contributed by atoms with Gasteiger partial charge in [-0.2, -0.15) is 0 Å². The van der Waals surface area contributed by atoms with Crippen molar-refractivity contribution in [2.45, 2.75) is 51.9 Å². The van der Waals surface area contributed by atoms with Crippen LogP contribution in [-0.2, 0) is 4.79 Å². The number of para-hydroxylation sites is 1. The third-order valence-corrected chi connectivity index (χ3v) is 4.72. The van der Waals surface area contributed by atoms with Gasteiger partial charge in [-0.3, -0.25) is 9.59 Å². The molecular formula is C19H27N3O2S. The summed E-state index contributed by atoms with van der Waals surface area (Å²) in [6, 6.07) is 7.10. The Hall–Kier alpha value is -1.95. The fourth-order valence-electron chi connectivity index (χ4n) is 3.20. The molecule has 2 rings (SSSR count). The molecular weight excluding hydrogens is 334 g/mol. The van der Waals surface area contributed by atoms with Crippen LogP contribution < -0.4 is 16.0 Å². The molecule has 6 heteroatoms. The molecule has 1 aliphatic carbocycles. The monoisotopic (exact) mass is 361 g/mol. The lowest BCUT2D eigenvalue weighted by Crippen LogP contribution is -2.35. The van der Waals surface area contributed by atoms with Crippen molar-refractivity contribution >= 4 is 34.8 Å². The molecule has 0 atom stereocenters. The van der Waals surface area contributed by atoms with E-state index in [1.807, 2.05) is 13.0 Å². The molecule has 0 spiro atoms. The Morgan fingerprint density at radius 1 is 1.16 bits per heavy atom. The summed E-state index contributed by atoms with van der Waals surface area (Å²) in [4.78, 5) is 24.2. The van der Waals surface area contributed by atoms with Crippen molar-refractivity contribution in [3.8, 4) is 0 Å². The third kappa shape index (κ3) is 6.46. The number of amides is 2. The van der Waals surface area contributed by atoms with Crippen molar-refractivity contribution in [3.63, 3.8) is 0 Å². The van der Waals surface area contributed by atoms with Crippen molar-refractivity contribution in [2.24, 2.45) is 5.92 Å². The number of anilines is 1. The smallest absolute Gasteiger partial charge is 0.253 e. The highest BCUT2D eigenvalue weighted by Gasteiger charge is 2.16. The average Bonchev–Trinajstić information content (AvgIpc) is 2.61. The summed E-state index contributed by atoms with van der Waals surface area (Å²) in [5.74, 6) is 0.426. The highest BCUT2D eigenvalue weighted by molar-refractivity contribution is 7.80. The van der Waals surface area contributed by atoms with E-state index in [-0.39, 0.29) is 16.9 Å². The van der Waals surface area contributed by atoms with Gasteiger partial charge in [-0.25, -0.2) is 0 Å². The van der Waals surface area contributed by atoms with Gasteiger partial charge in [0, 0.05) is 13.0 Å². The first-order valence-electron chi connectivity index (χ1n) is 9.08. The quantitative estimate of drug-likeness (QED) is 0.677. The van der Waals surface area contributed by atoms with Crippen LogP contribution in [0.25, 0.3) is 0 Å². The van der Waals surface area contributed by atoms with Crippen LogP contribution in [0.2, 0.25) is 0 Å². The summed E-state index contributed by atoms with van der Waals surface area (Å²) in [6.45, 7) is 2.42. The zero-order valence-corrected chi connectivity index (χ0v) is 15.6. The van der Waals surface area contributed by atoms with Gasteiger partial charge in [0.15, 0.2) is 5.11 Å². The number of carbonyl (C=O) groups excluding carboxylic acids is 2. The van der Waals surface area contributed by atoms with Gasteiger partial charge in [-0.1, -0.05) is 44.2 Å². The number of hydrogen-bond donors (Lipinski definition) is 3. The Balaban J connectivity index is 1.83. The largest absolute Gasteiger partial charge is 0.352 e. The van der Waals surface area contributed by atoms with Gasteiger partial charge in [-0.05, 0) is 43.6 Å². The van der Waals surface area contributed by atoms with Gasteiger partial charge in [0.05, 0.1) is 11.3 Å². The predicted molar refractivity (Wildman–Crippen MR) is 105 cm³/mol. The summed E-state index contributed by atoms with van der Waals surface area (Å²) in [5, 5.41) is 8.66. The minimum atomic E-state index is -0.169. The molecule has 1 aliphatic rings. The van der Waals surface area contributed by atoms with Crippen LogP contribution >= 0.6 is 12.2 Å². The minimum Gasteiger partial charge on any atom is -0.352 e. The molecule has 3 N–H and O–H groups in total. The number of hydrogen-bond acceptors (Lipinski definition) is 3. The van der Waals surface area contributed by atoms with Crippen LogP contribution in [0.5, 0.6) is 0 Å². The van der Waals surface area contributed by atoms with Crippen molar-refractivity contribution in [2.75, 3.05) is 11.9 Å². The molecule has 0 bridgehead atoms. The van der Waals surface area contributed by atoms with E-state index < -0.39 is 0 Å². The fraction of sp³-hybridized carbons (Fsp3) is 0.526. The summed E-state index contributed by atoms with van der Waals surface area (Å²) in [5.41, 5.74) is 1.09. The van der Waals surface area contributed by atoms with E-state index in [0.717, 1.165) is 6.42 Å². The second kappa shape index (κ2) is 10.1. The zero-order valence-electron chi connectivity index (χ0n) is 14.8. The Bertz CT molecular complexity index is 612. The van der Waals surface area contributed by atoms with E-state index >= 15 is 0 Å². The lowest BCUT2D eigenvalue weighted by Gasteiger charge is -2.21. The minimum absolute atomic E-state index is 0.0708. The van der Waals surface area contributed by atoms with Gasteiger partial charge in [-0.15, -0.1) is 0 Å². The molecule has 1 saturated carbocycles. The molecule has 2 amide bonds. The molecule has 1 aromatic rings. The van der Waals surface area contributed by atoms with E-state index in [2.05, 4.69) is 16.0 Å². The maximum atomic E-state index is 12.1. The van der Waals surface area contributed by atoms with E-state index in [1.54, 1.807) is 18.2 Å². The van der Waals surface area contributed by atoms with Crippen LogP contribution in [-0.4, -0.2) is 23.5 Å².